The van der Waals surface area contributed by atoms with E-state index in [-0.39, 0.29) is 5.91 Å². The third kappa shape index (κ3) is 3.39. The van der Waals surface area contributed by atoms with Gasteiger partial charge < -0.3 is 5.32 Å². The quantitative estimate of drug-likeness (QED) is 0.843. The van der Waals surface area contributed by atoms with Crippen LogP contribution in [0.15, 0.2) is 52.4 Å². The summed E-state index contributed by atoms with van der Waals surface area (Å²) >= 11 is 1.32. The lowest BCUT2D eigenvalue weighted by Gasteiger charge is -2.04. The number of hydrogen-bond acceptors (Lipinski definition) is 4. The summed E-state index contributed by atoms with van der Waals surface area (Å²) in [6.45, 7) is 4.00. The Morgan fingerprint density at radius 2 is 1.79 bits per heavy atom. The van der Waals surface area contributed by atoms with Crippen LogP contribution in [0.2, 0.25) is 0 Å². The minimum absolute atomic E-state index is 0.158. The van der Waals surface area contributed by atoms with E-state index in [0.29, 0.717) is 15.6 Å². The summed E-state index contributed by atoms with van der Waals surface area (Å²) in [5, 5.41) is 12.2. The second kappa shape index (κ2) is 6.73. The molecule has 1 saturated heterocycles. The third-order valence-corrected chi connectivity index (χ3v) is 4.55. The predicted molar refractivity (Wildman–Crippen MR) is 97.9 cm³/mol. The number of amides is 1. The Labute approximate surface area is 144 Å². The van der Waals surface area contributed by atoms with Crippen molar-refractivity contribution in [2.75, 3.05) is 0 Å². The second-order valence-electron chi connectivity index (χ2n) is 5.46. The molecular formula is C19H15N3OS. The van der Waals surface area contributed by atoms with Crippen molar-refractivity contribution >= 4 is 34.6 Å². The van der Waals surface area contributed by atoms with Crippen LogP contribution in [-0.4, -0.2) is 11.1 Å². The van der Waals surface area contributed by atoms with Crippen LogP contribution in [0, 0.1) is 25.2 Å². The van der Waals surface area contributed by atoms with E-state index in [9.17, 15) is 4.79 Å². The van der Waals surface area contributed by atoms with Crippen molar-refractivity contribution in [1.29, 1.82) is 5.26 Å². The normalized spacial score (nSPS) is 17.1. The van der Waals surface area contributed by atoms with E-state index in [1.807, 2.05) is 44.2 Å². The van der Waals surface area contributed by atoms with Crippen LogP contribution in [0.25, 0.3) is 6.08 Å². The number of aliphatic imine (C=N–C) groups is 1. The molecule has 0 radical (unpaired) electrons. The molecule has 1 fully saturated rings. The molecule has 0 aromatic heterocycles. The first-order valence-corrected chi connectivity index (χ1v) is 8.24. The molecule has 0 bridgehead atoms. The molecule has 24 heavy (non-hydrogen) atoms. The second-order valence-corrected chi connectivity index (χ2v) is 6.49. The van der Waals surface area contributed by atoms with Crippen molar-refractivity contribution in [3.8, 4) is 6.07 Å². The van der Waals surface area contributed by atoms with Crippen molar-refractivity contribution in [3.05, 3.63) is 69.6 Å². The first-order valence-electron chi connectivity index (χ1n) is 7.43. The molecule has 0 spiro atoms. The number of aryl methyl sites for hydroxylation is 2. The van der Waals surface area contributed by atoms with Gasteiger partial charge in [0.15, 0.2) is 5.17 Å². The number of para-hydroxylation sites is 1. The highest BCUT2D eigenvalue weighted by Crippen LogP contribution is 2.30. The fourth-order valence-corrected chi connectivity index (χ4v) is 3.20. The Balaban J connectivity index is 1.86. The molecule has 1 heterocycles. The number of carbonyl (C=O) groups is 1. The Hall–Kier alpha value is -2.84. The van der Waals surface area contributed by atoms with Gasteiger partial charge in [0.05, 0.1) is 22.2 Å². The molecule has 3 rings (SSSR count). The Bertz CT molecular complexity index is 885. The summed E-state index contributed by atoms with van der Waals surface area (Å²) in [5.74, 6) is -0.158. The molecule has 1 amide bonds. The molecule has 0 atom stereocenters. The maximum absolute atomic E-state index is 12.1. The average molecular weight is 333 g/mol. The molecule has 1 aliphatic rings. The maximum Gasteiger partial charge on any atom is 0.264 e. The van der Waals surface area contributed by atoms with Gasteiger partial charge in [0.2, 0.25) is 0 Å². The fraction of sp³-hybridized carbons (Fsp3) is 0.105. The van der Waals surface area contributed by atoms with Crippen LogP contribution in [0.3, 0.4) is 0 Å². The van der Waals surface area contributed by atoms with E-state index in [1.165, 1.54) is 11.8 Å². The van der Waals surface area contributed by atoms with Crippen LogP contribution in [0.5, 0.6) is 0 Å². The van der Waals surface area contributed by atoms with Crippen LogP contribution in [0.4, 0.5) is 5.69 Å². The van der Waals surface area contributed by atoms with E-state index in [0.717, 1.165) is 22.4 Å². The Kier molecular flexibility index (Phi) is 4.50. The number of nitrogens with one attached hydrogen (secondary N) is 1. The molecule has 0 unspecified atom stereocenters. The monoisotopic (exact) mass is 333 g/mol. The van der Waals surface area contributed by atoms with Gasteiger partial charge in [-0.1, -0.05) is 30.3 Å². The van der Waals surface area contributed by atoms with E-state index < -0.39 is 0 Å². The number of nitriles is 1. The number of benzene rings is 2. The van der Waals surface area contributed by atoms with Gasteiger partial charge in [-0.25, -0.2) is 4.99 Å². The van der Waals surface area contributed by atoms with Crippen LogP contribution < -0.4 is 5.32 Å². The summed E-state index contributed by atoms with van der Waals surface area (Å²) in [5.41, 5.74) is 4.50. The Morgan fingerprint density at radius 3 is 2.42 bits per heavy atom. The van der Waals surface area contributed by atoms with E-state index >= 15 is 0 Å². The van der Waals surface area contributed by atoms with Crippen molar-refractivity contribution in [1.82, 2.24) is 5.32 Å². The highest BCUT2D eigenvalue weighted by atomic mass is 32.2. The van der Waals surface area contributed by atoms with Gasteiger partial charge in [-0.3, -0.25) is 4.79 Å². The first kappa shape index (κ1) is 16.0. The van der Waals surface area contributed by atoms with Gasteiger partial charge in [0.1, 0.15) is 0 Å². The third-order valence-electron chi connectivity index (χ3n) is 3.64. The van der Waals surface area contributed by atoms with Crippen molar-refractivity contribution in [2.45, 2.75) is 13.8 Å². The van der Waals surface area contributed by atoms with Crippen LogP contribution >= 0.6 is 11.8 Å². The average Bonchev–Trinajstić information content (AvgIpc) is 2.91. The summed E-state index contributed by atoms with van der Waals surface area (Å²) < 4.78 is 0. The van der Waals surface area contributed by atoms with Crippen LogP contribution in [0.1, 0.15) is 22.3 Å². The minimum atomic E-state index is -0.158. The number of hydrogen-bond donors (Lipinski definition) is 1. The SMILES string of the molecule is Cc1cccc(C)c1N=C1NC(=O)/C(=C\c2ccc(C#N)cc2)S1. The molecule has 5 heteroatoms. The highest BCUT2D eigenvalue weighted by molar-refractivity contribution is 8.18. The van der Waals surface area contributed by atoms with Gasteiger partial charge in [0, 0.05) is 0 Å². The topological polar surface area (TPSA) is 65.2 Å². The molecule has 4 nitrogen and oxygen atoms in total. The molecule has 0 saturated carbocycles. The summed E-state index contributed by atoms with van der Waals surface area (Å²) in [7, 11) is 0. The fourth-order valence-electron chi connectivity index (χ4n) is 2.37. The van der Waals surface area contributed by atoms with Gasteiger partial charge in [-0.2, -0.15) is 5.26 Å². The highest BCUT2D eigenvalue weighted by Gasteiger charge is 2.24. The van der Waals surface area contributed by atoms with Gasteiger partial charge in [-0.15, -0.1) is 0 Å². The number of carbonyl (C=O) groups excluding carboxylic acids is 1. The molecule has 0 aliphatic carbocycles. The van der Waals surface area contributed by atoms with Gasteiger partial charge in [0.25, 0.3) is 5.91 Å². The minimum Gasteiger partial charge on any atom is -0.300 e. The van der Waals surface area contributed by atoms with Gasteiger partial charge >= 0.3 is 0 Å². The zero-order valence-electron chi connectivity index (χ0n) is 13.3. The van der Waals surface area contributed by atoms with Crippen molar-refractivity contribution in [3.63, 3.8) is 0 Å². The van der Waals surface area contributed by atoms with Crippen LogP contribution in [-0.2, 0) is 4.79 Å². The number of nitrogens with zero attached hydrogens (tertiary/aromatic N) is 2. The lowest BCUT2D eigenvalue weighted by Crippen LogP contribution is -2.19. The lowest BCUT2D eigenvalue weighted by molar-refractivity contribution is -0.115. The number of amidine groups is 1. The summed E-state index contributed by atoms with van der Waals surface area (Å²) in [6.07, 6.45) is 1.80. The maximum atomic E-state index is 12.1. The first-order chi connectivity index (χ1) is 11.6. The van der Waals surface area contributed by atoms with Crippen molar-refractivity contribution < 1.29 is 4.79 Å². The largest absolute Gasteiger partial charge is 0.300 e. The van der Waals surface area contributed by atoms with E-state index in [4.69, 9.17) is 5.26 Å². The summed E-state index contributed by atoms with van der Waals surface area (Å²) in [6, 6.07) is 15.2. The smallest absolute Gasteiger partial charge is 0.264 e. The zero-order valence-corrected chi connectivity index (χ0v) is 14.1. The lowest BCUT2D eigenvalue weighted by atomic mass is 10.1. The van der Waals surface area contributed by atoms with Gasteiger partial charge in [-0.05, 0) is 60.5 Å². The van der Waals surface area contributed by atoms with E-state index in [2.05, 4.69) is 16.4 Å². The molecule has 2 aromatic carbocycles. The number of thioether (sulfide) groups is 1. The number of rotatable bonds is 2. The summed E-state index contributed by atoms with van der Waals surface area (Å²) in [4.78, 5) is 17.3. The zero-order chi connectivity index (χ0) is 17.1. The standard InChI is InChI=1S/C19H15N3OS/c1-12-4-3-5-13(2)17(12)21-19-22-18(23)16(24-19)10-14-6-8-15(11-20)9-7-14/h3-10H,1-2H3,(H,21,22,23)/b16-10+. The molecular weight excluding hydrogens is 318 g/mol. The van der Waals surface area contributed by atoms with E-state index in [1.54, 1.807) is 18.2 Å². The van der Waals surface area contributed by atoms with Crippen molar-refractivity contribution in [2.24, 2.45) is 4.99 Å². The molecule has 1 aliphatic heterocycles. The molecule has 118 valence electrons. The molecule has 1 N–H and O–H groups in total. The molecule has 2 aromatic rings. The Morgan fingerprint density at radius 1 is 1.12 bits per heavy atom. The predicted octanol–water partition coefficient (Wildman–Crippen LogP) is 4.07.